The molecule has 0 saturated carbocycles. The van der Waals surface area contributed by atoms with E-state index in [0.29, 0.717) is 21.3 Å². The van der Waals surface area contributed by atoms with Gasteiger partial charge in [-0.2, -0.15) is 10.5 Å². The Morgan fingerprint density at radius 3 is 2.40 bits per heavy atom. The highest BCUT2D eigenvalue weighted by molar-refractivity contribution is 9.10. The second kappa shape index (κ2) is 6.51. The standard InChI is InChI=1S/C22H15BrN4O3/c1-27-17-15(9-6-10-16(17)23)21(18(27)28)20(11-24,12-25)13-26-22(21,19(29)30-2)14-7-4-3-5-8-14/h3-10,13H,1-2H3/t21-,22-/m1/s1. The molecule has 1 amide bonds. The topological polar surface area (TPSA) is 107 Å². The van der Waals surface area contributed by atoms with Crippen LogP contribution >= 0.6 is 15.9 Å². The van der Waals surface area contributed by atoms with E-state index >= 15 is 0 Å². The largest absolute Gasteiger partial charge is 0.467 e. The van der Waals surface area contributed by atoms with Crippen LogP contribution < -0.4 is 4.90 Å². The molecule has 1 spiro atoms. The van der Waals surface area contributed by atoms with E-state index in [1.807, 2.05) is 12.1 Å². The normalized spacial score (nSPS) is 25.6. The van der Waals surface area contributed by atoms with Crippen molar-refractivity contribution in [3.63, 3.8) is 0 Å². The van der Waals surface area contributed by atoms with E-state index < -0.39 is 28.2 Å². The molecule has 148 valence electrons. The Morgan fingerprint density at radius 1 is 1.13 bits per heavy atom. The highest BCUT2D eigenvalue weighted by Gasteiger charge is 2.80. The fraction of sp³-hybridized carbons (Fsp3) is 0.227. The Kier molecular flexibility index (Phi) is 4.30. The Balaban J connectivity index is 2.26. The van der Waals surface area contributed by atoms with Crippen molar-refractivity contribution in [2.24, 2.45) is 10.4 Å². The van der Waals surface area contributed by atoms with E-state index in [1.165, 1.54) is 12.0 Å². The first kappa shape index (κ1) is 19.8. The molecule has 2 atom stereocenters. The second-order valence-electron chi connectivity index (χ2n) is 7.11. The van der Waals surface area contributed by atoms with Gasteiger partial charge < -0.3 is 9.64 Å². The van der Waals surface area contributed by atoms with Crippen molar-refractivity contribution in [2.45, 2.75) is 11.0 Å². The Hall–Kier alpha value is -3.49. The molecule has 2 aliphatic heterocycles. The molecule has 0 saturated heterocycles. The Labute approximate surface area is 181 Å². The van der Waals surface area contributed by atoms with Gasteiger partial charge >= 0.3 is 5.97 Å². The van der Waals surface area contributed by atoms with E-state index in [-0.39, 0.29) is 0 Å². The lowest BCUT2D eigenvalue weighted by Crippen LogP contribution is -2.63. The highest BCUT2D eigenvalue weighted by Crippen LogP contribution is 2.65. The number of ether oxygens (including phenoxy) is 1. The summed E-state index contributed by atoms with van der Waals surface area (Å²) in [7, 11) is 2.74. The molecular formula is C22H15BrN4O3. The lowest BCUT2D eigenvalue weighted by atomic mass is 9.53. The molecule has 0 aliphatic carbocycles. The molecule has 0 bridgehead atoms. The number of aliphatic imine (C=N–C) groups is 1. The average Bonchev–Trinajstić information content (AvgIpc) is 3.22. The lowest BCUT2D eigenvalue weighted by Gasteiger charge is -2.42. The number of para-hydroxylation sites is 1. The zero-order chi connectivity index (χ0) is 21.7. The molecule has 8 heteroatoms. The Bertz CT molecular complexity index is 1180. The van der Waals surface area contributed by atoms with Crippen molar-refractivity contribution in [3.8, 4) is 12.1 Å². The average molecular weight is 463 g/mol. The van der Waals surface area contributed by atoms with Crippen LogP contribution in [-0.2, 0) is 25.3 Å². The summed E-state index contributed by atoms with van der Waals surface area (Å²) < 4.78 is 5.73. The number of nitriles is 2. The van der Waals surface area contributed by atoms with Gasteiger partial charge in [-0.05, 0) is 33.1 Å². The minimum Gasteiger partial charge on any atom is -0.467 e. The van der Waals surface area contributed by atoms with Gasteiger partial charge in [0.1, 0.15) is 0 Å². The summed E-state index contributed by atoms with van der Waals surface area (Å²) in [5.41, 5.74) is -4.76. The fourth-order valence-electron chi connectivity index (χ4n) is 4.72. The first-order valence-corrected chi connectivity index (χ1v) is 9.77. The predicted molar refractivity (Wildman–Crippen MR) is 112 cm³/mol. The van der Waals surface area contributed by atoms with Gasteiger partial charge in [0.25, 0.3) is 0 Å². The molecule has 2 aliphatic rings. The number of halogens is 1. The number of nitrogens with zero attached hydrogens (tertiary/aromatic N) is 4. The van der Waals surface area contributed by atoms with Gasteiger partial charge in [-0.1, -0.05) is 42.5 Å². The van der Waals surface area contributed by atoms with Crippen LogP contribution in [0.5, 0.6) is 0 Å². The summed E-state index contributed by atoms with van der Waals surface area (Å²) in [4.78, 5) is 33.2. The van der Waals surface area contributed by atoms with Crippen molar-refractivity contribution in [1.82, 2.24) is 0 Å². The molecule has 2 aromatic rings. The quantitative estimate of drug-likeness (QED) is 0.637. The zero-order valence-corrected chi connectivity index (χ0v) is 17.7. The van der Waals surface area contributed by atoms with Crippen LogP contribution in [0.15, 0.2) is 58.0 Å². The Morgan fingerprint density at radius 2 is 1.80 bits per heavy atom. The minimum absolute atomic E-state index is 0.357. The van der Waals surface area contributed by atoms with E-state index in [0.717, 1.165) is 6.21 Å². The van der Waals surface area contributed by atoms with Crippen LogP contribution in [0.1, 0.15) is 11.1 Å². The van der Waals surface area contributed by atoms with Gasteiger partial charge in [0.2, 0.25) is 11.4 Å². The van der Waals surface area contributed by atoms with Gasteiger partial charge in [0.05, 0.1) is 24.9 Å². The molecule has 0 N–H and O–H groups in total. The maximum atomic E-state index is 14.0. The van der Waals surface area contributed by atoms with E-state index in [2.05, 4.69) is 20.9 Å². The van der Waals surface area contributed by atoms with Crippen molar-refractivity contribution in [1.29, 1.82) is 10.5 Å². The molecular weight excluding hydrogens is 448 g/mol. The van der Waals surface area contributed by atoms with E-state index in [4.69, 9.17) is 4.74 Å². The van der Waals surface area contributed by atoms with Crippen LogP contribution in [0, 0.1) is 28.1 Å². The first-order valence-electron chi connectivity index (χ1n) is 8.98. The predicted octanol–water partition coefficient (Wildman–Crippen LogP) is 2.85. The second-order valence-corrected chi connectivity index (χ2v) is 7.96. The summed E-state index contributed by atoms with van der Waals surface area (Å²) in [6, 6.07) is 17.5. The van der Waals surface area contributed by atoms with E-state index in [1.54, 1.807) is 55.6 Å². The summed E-state index contributed by atoms with van der Waals surface area (Å²) in [5, 5.41) is 20.4. The lowest BCUT2D eigenvalue weighted by molar-refractivity contribution is -0.154. The maximum absolute atomic E-state index is 14.0. The number of likely N-dealkylation sites (N-methyl/N-ethyl adjacent to an activating group) is 1. The molecule has 0 unspecified atom stereocenters. The van der Waals surface area contributed by atoms with Crippen molar-refractivity contribution in [3.05, 3.63) is 64.1 Å². The van der Waals surface area contributed by atoms with Gasteiger partial charge in [-0.3, -0.25) is 9.79 Å². The number of benzene rings is 2. The summed E-state index contributed by atoms with van der Waals surface area (Å²) in [6.45, 7) is 0. The number of hydrogen-bond donors (Lipinski definition) is 0. The third-order valence-electron chi connectivity index (χ3n) is 5.96. The number of carbonyl (C=O) groups is 2. The monoisotopic (exact) mass is 462 g/mol. The third kappa shape index (κ3) is 1.94. The zero-order valence-electron chi connectivity index (χ0n) is 16.1. The third-order valence-corrected chi connectivity index (χ3v) is 6.60. The maximum Gasteiger partial charge on any atom is 0.340 e. The molecule has 0 aromatic heterocycles. The highest BCUT2D eigenvalue weighted by atomic mass is 79.9. The molecule has 30 heavy (non-hydrogen) atoms. The fourth-order valence-corrected chi connectivity index (χ4v) is 5.35. The van der Waals surface area contributed by atoms with Gasteiger partial charge in [-0.15, -0.1) is 0 Å². The van der Waals surface area contributed by atoms with Crippen LogP contribution in [0.25, 0.3) is 0 Å². The summed E-state index contributed by atoms with van der Waals surface area (Å²) in [5.74, 6) is -1.41. The van der Waals surface area contributed by atoms with Crippen molar-refractivity contribution in [2.75, 3.05) is 19.1 Å². The number of hydrogen-bond acceptors (Lipinski definition) is 6. The first-order chi connectivity index (χ1) is 14.4. The molecule has 2 aromatic carbocycles. The molecule has 4 rings (SSSR count). The van der Waals surface area contributed by atoms with Crippen molar-refractivity contribution < 1.29 is 14.3 Å². The van der Waals surface area contributed by atoms with E-state index in [9.17, 15) is 20.1 Å². The number of rotatable bonds is 2. The molecule has 7 nitrogen and oxygen atoms in total. The SMILES string of the molecule is COC(=O)[C@@]1(c2ccccc2)N=CC(C#N)(C#N)[C@@]12C(=O)N(C)c1c(Br)cccc12. The number of methoxy groups -OCH3 is 1. The van der Waals surface area contributed by atoms with Gasteiger partial charge in [0, 0.05) is 17.7 Å². The summed E-state index contributed by atoms with van der Waals surface area (Å²) >= 11 is 3.46. The van der Waals surface area contributed by atoms with Crippen LogP contribution in [-0.4, -0.2) is 32.2 Å². The molecule has 0 fully saturated rings. The van der Waals surface area contributed by atoms with Crippen molar-refractivity contribution >= 4 is 39.7 Å². The van der Waals surface area contributed by atoms with Crippen LogP contribution in [0.4, 0.5) is 5.69 Å². The number of esters is 1. The molecule has 0 radical (unpaired) electrons. The molecule has 2 heterocycles. The van der Waals surface area contributed by atoms with Gasteiger partial charge in [0.15, 0.2) is 10.8 Å². The van der Waals surface area contributed by atoms with Crippen LogP contribution in [0.2, 0.25) is 0 Å². The van der Waals surface area contributed by atoms with Crippen LogP contribution in [0.3, 0.4) is 0 Å². The minimum atomic E-state index is -2.03. The number of amides is 1. The summed E-state index contributed by atoms with van der Waals surface area (Å²) in [6.07, 6.45) is 1.12. The number of anilines is 1. The van der Waals surface area contributed by atoms with Gasteiger partial charge in [-0.25, -0.2) is 4.79 Å². The number of fused-ring (bicyclic) bond motifs is 2. The number of carbonyl (C=O) groups excluding carboxylic acids is 2. The smallest absolute Gasteiger partial charge is 0.340 e.